The highest BCUT2D eigenvalue weighted by molar-refractivity contribution is 9.10. The van der Waals surface area contributed by atoms with Gasteiger partial charge in [0.15, 0.2) is 0 Å². The summed E-state index contributed by atoms with van der Waals surface area (Å²) in [5, 5.41) is 0. The maximum Gasteiger partial charge on any atom is 0.241 e. The molecule has 0 fully saturated rings. The van der Waals surface area contributed by atoms with E-state index in [0.717, 1.165) is 11.6 Å². The first-order valence-corrected chi connectivity index (χ1v) is 8.40. The molecule has 4 nitrogen and oxygen atoms in total. The number of nitrogens with two attached hydrogens (primary N) is 1. The summed E-state index contributed by atoms with van der Waals surface area (Å²) in [6, 6.07) is 10.1. The third kappa shape index (κ3) is 3.81. The third-order valence-electron chi connectivity index (χ3n) is 2.94. The molecule has 0 saturated carbocycles. The lowest BCUT2D eigenvalue weighted by atomic mass is 10.1. The van der Waals surface area contributed by atoms with Crippen LogP contribution in [-0.2, 0) is 10.0 Å². The van der Waals surface area contributed by atoms with Crippen LogP contribution >= 0.6 is 15.9 Å². The van der Waals surface area contributed by atoms with Crippen molar-refractivity contribution in [3.05, 3.63) is 58.3 Å². The van der Waals surface area contributed by atoms with E-state index in [1.54, 1.807) is 31.2 Å². The lowest BCUT2D eigenvalue weighted by molar-refractivity contribution is 0.563. The Morgan fingerprint density at radius 3 is 2.57 bits per heavy atom. The molecule has 2 rings (SSSR count). The van der Waals surface area contributed by atoms with Crippen molar-refractivity contribution in [2.24, 2.45) is 0 Å². The van der Waals surface area contributed by atoms with Crippen molar-refractivity contribution < 1.29 is 12.8 Å². The molecular formula is C14H14BrFN2O2S. The number of rotatable bonds is 4. The number of sulfonamides is 1. The van der Waals surface area contributed by atoms with E-state index in [9.17, 15) is 12.8 Å². The molecular weight excluding hydrogens is 359 g/mol. The van der Waals surface area contributed by atoms with E-state index in [-0.39, 0.29) is 9.37 Å². The zero-order chi connectivity index (χ0) is 15.6. The summed E-state index contributed by atoms with van der Waals surface area (Å²) in [7, 11) is -3.81. The van der Waals surface area contributed by atoms with E-state index in [2.05, 4.69) is 20.7 Å². The summed E-state index contributed by atoms with van der Waals surface area (Å²) in [6.45, 7) is 1.70. The van der Waals surface area contributed by atoms with Crippen LogP contribution in [0.3, 0.4) is 0 Å². The zero-order valence-electron chi connectivity index (χ0n) is 11.2. The summed E-state index contributed by atoms with van der Waals surface area (Å²) < 4.78 is 40.7. The van der Waals surface area contributed by atoms with Crippen LogP contribution in [0.15, 0.2) is 51.8 Å². The molecule has 0 heterocycles. The van der Waals surface area contributed by atoms with Crippen LogP contribution in [0.2, 0.25) is 0 Å². The maximum atomic E-state index is 13.5. The Morgan fingerprint density at radius 2 is 1.95 bits per heavy atom. The Morgan fingerprint density at radius 1 is 1.24 bits per heavy atom. The number of anilines is 1. The predicted octanol–water partition coefficient (Wildman–Crippen LogP) is 3.21. The highest BCUT2D eigenvalue weighted by Gasteiger charge is 2.19. The monoisotopic (exact) mass is 372 g/mol. The van der Waals surface area contributed by atoms with Gasteiger partial charge in [-0.05, 0) is 58.7 Å². The number of benzene rings is 2. The van der Waals surface area contributed by atoms with Crippen LogP contribution in [0.4, 0.5) is 10.1 Å². The maximum absolute atomic E-state index is 13.5. The minimum Gasteiger partial charge on any atom is -0.399 e. The second-order valence-corrected chi connectivity index (χ2v) is 7.16. The highest BCUT2D eigenvalue weighted by atomic mass is 79.9. The minimum absolute atomic E-state index is 0.126. The quantitative estimate of drug-likeness (QED) is 0.809. The van der Waals surface area contributed by atoms with Gasteiger partial charge in [0, 0.05) is 11.7 Å². The Hall–Kier alpha value is -1.44. The second-order valence-electron chi connectivity index (χ2n) is 4.59. The molecule has 3 N–H and O–H groups in total. The van der Waals surface area contributed by atoms with Crippen LogP contribution in [-0.4, -0.2) is 8.42 Å². The molecule has 0 radical (unpaired) electrons. The van der Waals surface area contributed by atoms with E-state index >= 15 is 0 Å². The summed E-state index contributed by atoms with van der Waals surface area (Å²) >= 11 is 2.99. The molecule has 0 saturated heterocycles. The summed E-state index contributed by atoms with van der Waals surface area (Å²) in [4.78, 5) is -0.126. The Balaban J connectivity index is 2.26. The van der Waals surface area contributed by atoms with Gasteiger partial charge in [-0.25, -0.2) is 17.5 Å². The molecule has 2 aromatic carbocycles. The van der Waals surface area contributed by atoms with Gasteiger partial charge in [0.2, 0.25) is 10.0 Å². The van der Waals surface area contributed by atoms with Crippen LogP contribution < -0.4 is 10.5 Å². The van der Waals surface area contributed by atoms with Crippen LogP contribution in [0, 0.1) is 5.82 Å². The first-order valence-electron chi connectivity index (χ1n) is 6.12. The third-order valence-corrected chi connectivity index (χ3v) is 5.13. The van der Waals surface area contributed by atoms with E-state index < -0.39 is 21.9 Å². The first-order chi connectivity index (χ1) is 9.79. The van der Waals surface area contributed by atoms with Crippen LogP contribution in [0.1, 0.15) is 18.5 Å². The molecule has 0 aliphatic heterocycles. The lowest BCUT2D eigenvalue weighted by Gasteiger charge is -2.15. The topological polar surface area (TPSA) is 72.2 Å². The van der Waals surface area contributed by atoms with Gasteiger partial charge >= 0.3 is 0 Å². The largest absolute Gasteiger partial charge is 0.399 e. The summed E-state index contributed by atoms with van der Waals surface area (Å²) in [5.74, 6) is -0.630. The molecule has 0 bridgehead atoms. The van der Waals surface area contributed by atoms with E-state index in [4.69, 9.17) is 5.73 Å². The molecule has 0 aliphatic carbocycles. The van der Waals surface area contributed by atoms with Crippen molar-refractivity contribution in [1.82, 2.24) is 4.72 Å². The van der Waals surface area contributed by atoms with Crippen molar-refractivity contribution in [3.63, 3.8) is 0 Å². The first kappa shape index (κ1) is 15.9. The second kappa shape index (κ2) is 6.13. The van der Waals surface area contributed by atoms with Gasteiger partial charge in [0.1, 0.15) is 5.82 Å². The molecule has 0 spiro atoms. The number of hydrogen-bond donors (Lipinski definition) is 2. The highest BCUT2D eigenvalue weighted by Crippen LogP contribution is 2.22. The summed E-state index contributed by atoms with van der Waals surface area (Å²) in [5.41, 5.74) is 6.96. The standard InChI is InChI=1S/C14H14BrFN2O2S/c1-9(10-3-2-4-11(17)7-10)18-21(19,20)12-5-6-13(15)14(16)8-12/h2-9,18H,17H2,1H3. The SMILES string of the molecule is CC(NS(=O)(=O)c1ccc(Br)c(F)c1)c1cccc(N)c1. The van der Waals surface area contributed by atoms with E-state index in [0.29, 0.717) is 5.69 Å². The molecule has 0 aromatic heterocycles. The van der Waals surface area contributed by atoms with E-state index in [1.807, 2.05) is 0 Å². The van der Waals surface area contributed by atoms with Crippen molar-refractivity contribution in [1.29, 1.82) is 0 Å². The number of halogens is 2. The normalized spacial score (nSPS) is 13.1. The lowest BCUT2D eigenvalue weighted by Crippen LogP contribution is -2.27. The van der Waals surface area contributed by atoms with Crippen molar-refractivity contribution in [2.75, 3.05) is 5.73 Å². The molecule has 0 aliphatic rings. The average Bonchev–Trinajstić information content (AvgIpc) is 2.41. The Labute approximate surface area is 131 Å². The fourth-order valence-corrected chi connectivity index (χ4v) is 3.33. The van der Waals surface area contributed by atoms with Crippen LogP contribution in [0.5, 0.6) is 0 Å². The van der Waals surface area contributed by atoms with Crippen molar-refractivity contribution in [3.8, 4) is 0 Å². The summed E-state index contributed by atoms with van der Waals surface area (Å²) in [6.07, 6.45) is 0. The zero-order valence-corrected chi connectivity index (χ0v) is 13.6. The van der Waals surface area contributed by atoms with Gasteiger partial charge in [0.25, 0.3) is 0 Å². The molecule has 21 heavy (non-hydrogen) atoms. The molecule has 0 amide bonds. The van der Waals surface area contributed by atoms with E-state index in [1.165, 1.54) is 12.1 Å². The predicted molar refractivity (Wildman–Crippen MR) is 83.7 cm³/mol. The fourth-order valence-electron chi connectivity index (χ4n) is 1.84. The Bertz CT molecular complexity index is 765. The van der Waals surface area contributed by atoms with Crippen molar-refractivity contribution >= 4 is 31.6 Å². The van der Waals surface area contributed by atoms with Gasteiger partial charge in [-0.15, -0.1) is 0 Å². The van der Waals surface area contributed by atoms with Gasteiger partial charge in [0.05, 0.1) is 9.37 Å². The van der Waals surface area contributed by atoms with Gasteiger partial charge in [-0.1, -0.05) is 12.1 Å². The Kier molecular flexibility index (Phi) is 4.65. The number of nitrogen functional groups attached to an aromatic ring is 1. The van der Waals surface area contributed by atoms with Gasteiger partial charge in [-0.2, -0.15) is 0 Å². The molecule has 112 valence electrons. The van der Waals surface area contributed by atoms with Gasteiger partial charge in [-0.3, -0.25) is 0 Å². The minimum atomic E-state index is -3.81. The average molecular weight is 373 g/mol. The smallest absolute Gasteiger partial charge is 0.241 e. The molecule has 7 heteroatoms. The molecule has 1 atom stereocenters. The fraction of sp³-hybridized carbons (Fsp3) is 0.143. The van der Waals surface area contributed by atoms with Gasteiger partial charge < -0.3 is 5.73 Å². The molecule has 1 unspecified atom stereocenters. The van der Waals surface area contributed by atoms with Crippen LogP contribution in [0.25, 0.3) is 0 Å². The number of hydrogen-bond acceptors (Lipinski definition) is 3. The molecule has 2 aromatic rings. The number of nitrogens with one attached hydrogen (secondary N) is 1. The van der Waals surface area contributed by atoms with Crippen molar-refractivity contribution in [2.45, 2.75) is 17.9 Å².